The predicted octanol–water partition coefficient (Wildman–Crippen LogP) is 3.22. The molecule has 2 nitrogen and oxygen atoms in total. The first-order valence-electron chi connectivity index (χ1n) is 4.26. The lowest BCUT2D eigenvalue weighted by molar-refractivity contribution is 0.112. The third-order valence-electron chi connectivity index (χ3n) is 1.68. The summed E-state index contributed by atoms with van der Waals surface area (Å²) < 4.78 is 6.16. The molecular weight excluding hydrogens is 244 g/mol. The lowest BCUT2D eigenvalue weighted by Crippen LogP contribution is -1.94. The summed E-state index contributed by atoms with van der Waals surface area (Å²) in [6.45, 7) is 2.46. The Morgan fingerprint density at radius 2 is 2.29 bits per heavy atom. The summed E-state index contributed by atoms with van der Waals surface area (Å²) in [7, 11) is 0. The summed E-state index contributed by atoms with van der Waals surface area (Å²) in [5.74, 6) is 0.702. The van der Waals surface area contributed by atoms with Gasteiger partial charge < -0.3 is 4.74 Å². The molecule has 1 rings (SSSR count). The fraction of sp³-hybridized carbons (Fsp3) is 0.182. The molecule has 0 saturated carbocycles. The van der Waals surface area contributed by atoms with E-state index < -0.39 is 0 Å². The van der Waals surface area contributed by atoms with Gasteiger partial charge in [0.15, 0.2) is 6.29 Å². The van der Waals surface area contributed by atoms with Crippen LogP contribution in [0.3, 0.4) is 0 Å². The maximum absolute atomic E-state index is 10.6. The molecule has 1 aromatic carbocycles. The number of rotatable bonds is 4. The van der Waals surface area contributed by atoms with Gasteiger partial charge in [-0.3, -0.25) is 4.79 Å². The Bertz CT molecular complexity index is 345. The van der Waals surface area contributed by atoms with E-state index in [0.29, 0.717) is 17.9 Å². The first-order chi connectivity index (χ1) is 6.77. The Labute approximate surface area is 91.7 Å². The number of benzene rings is 1. The number of carbonyl (C=O) groups is 1. The summed E-state index contributed by atoms with van der Waals surface area (Å²) in [5.41, 5.74) is 0.600. The Morgan fingerprint density at radius 1 is 1.50 bits per heavy atom. The van der Waals surface area contributed by atoms with Crippen LogP contribution >= 0.6 is 15.9 Å². The smallest absolute Gasteiger partial charge is 0.151 e. The zero-order chi connectivity index (χ0) is 10.4. The van der Waals surface area contributed by atoms with Gasteiger partial charge in [-0.15, -0.1) is 0 Å². The van der Waals surface area contributed by atoms with Crippen molar-refractivity contribution in [3.63, 3.8) is 0 Å². The van der Waals surface area contributed by atoms with Crippen LogP contribution in [-0.2, 0) is 0 Å². The van der Waals surface area contributed by atoms with Crippen LogP contribution in [0.4, 0.5) is 0 Å². The minimum Gasteiger partial charge on any atom is -0.490 e. The molecule has 0 aliphatic heterocycles. The van der Waals surface area contributed by atoms with Gasteiger partial charge in [0.2, 0.25) is 0 Å². The van der Waals surface area contributed by atoms with Crippen molar-refractivity contribution in [1.82, 2.24) is 0 Å². The normalized spacial score (nSPS) is 10.4. The maximum atomic E-state index is 10.6. The first kappa shape index (κ1) is 11.0. The van der Waals surface area contributed by atoms with Gasteiger partial charge in [0.1, 0.15) is 12.4 Å². The Morgan fingerprint density at radius 3 is 2.93 bits per heavy atom. The van der Waals surface area contributed by atoms with Crippen LogP contribution in [0.1, 0.15) is 17.3 Å². The molecule has 0 bridgehead atoms. The summed E-state index contributed by atoms with van der Waals surface area (Å²) in [6, 6.07) is 5.33. The van der Waals surface area contributed by atoms with Crippen LogP contribution < -0.4 is 4.74 Å². The van der Waals surface area contributed by atoms with E-state index in [-0.39, 0.29) is 0 Å². The largest absolute Gasteiger partial charge is 0.490 e. The highest BCUT2D eigenvalue weighted by Gasteiger charge is 2.00. The molecule has 0 unspecified atom stereocenters. The number of hydrogen-bond acceptors (Lipinski definition) is 2. The summed E-state index contributed by atoms with van der Waals surface area (Å²) >= 11 is 3.27. The highest BCUT2D eigenvalue weighted by Crippen LogP contribution is 2.20. The molecule has 0 atom stereocenters. The molecule has 74 valence electrons. The van der Waals surface area contributed by atoms with Gasteiger partial charge in [-0.2, -0.15) is 0 Å². The fourth-order valence-electron chi connectivity index (χ4n) is 0.942. The van der Waals surface area contributed by atoms with Crippen molar-refractivity contribution < 1.29 is 9.53 Å². The third-order valence-corrected chi connectivity index (χ3v) is 2.40. The number of halogens is 1. The molecule has 0 N–H and O–H groups in total. The Hall–Kier alpha value is -1.09. The van der Waals surface area contributed by atoms with Gasteiger partial charge in [-0.05, 0) is 25.1 Å². The molecule has 0 radical (unpaired) electrons. The van der Waals surface area contributed by atoms with Crippen LogP contribution in [0.15, 0.2) is 34.8 Å². The zero-order valence-corrected chi connectivity index (χ0v) is 9.45. The quantitative estimate of drug-likeness (QED) is 0.610. The SMILES string of the molecule is C/C=C/COc1ccc(Br)c(C=O)c1. The van der Waals surface area contributed by atoms with E-state index in [2.05, 4.69) is 15.9 Å². The molecule has 3 heteroatoms. The summed E-state index contributed by atoms with van der Waals surface area (Å²) in [6.07, 6.45) is 4.62. The van der Waals surface area contributed by atoms with Crippen LogP contribution in [0.2, 0.25) is 0 Å². The fourth-order valence-corrected chi connectivity index (χ4v) is 1.28. The molecule has 0 aliphatic rings. The van der Waals surface area contributed by atoms with Crippen molar-refractivity contribution in [2.75, 3.05) is 6.61 Å². The van der Waals surface area contributed by atoms with E-state index >= 15 is 0 Å². The minimum atomic E-state index is 0.524. The van der Waals surface area contributed by atoms with E-state index in [4.69, 9.17) is 4.74 Å². The van der Waals surface area contributed by atoms with Crippen molar-refractivity contribution in [1.29, 1.82) is 0 Å². The number of aldehydes is 1. The molecule has 0 aliphatic carbocycles. The van der Waals surface area contributed by atoms with Gasteiger partial charge in [-0.25, -0.2) is 0 Å². The number of carbonyl (C=O) groups excluding carboxylic acids is 1. The zero-order valence-electron chi connectivity index (χ0n) is 7.87. The van der Waals surface area contributed by atoms with E-state index in [0.717, 1.165) is 10.8 Å². The predicted molar refractivity (Wildman–Crippen MR) is 59.8 cm³/mol. The second-order valence-corrected chi connectivity index (χ2v) is 3.54. The van der Waals surface area contributed by atoms with Crippen molar-refractivity contribution >= 4 is 22.2 Å². The standard InChI is InChI=1S/C11H11BrO2/c1-2-3-6-14-10-4-5-11(12)9(7-10)8-13/h2-5,7-8H,6H2,1H3/b3-2+. The van der Waals surface area contributed by atoms with Crippen molar-refractivity contribution in [2.45, 2.75) is 6.92 Å². The summed E-state index contributed by atoms with van der Waals surface area (Å²) in [5, 5.41) is 0. The number of ether oxygens (including phenoxy) is 1. The Balaban J connectivity index is 2.74. The van der Waals surface area contributed by atoms with Gasteiger partial charge in [-0.1, -0.05) is 28.1 Å². The van der Waals surface area contributed by atoms with Crippen molar-refractivity contribution in [3.8, 4) is 5.75 Å². The lowest BCUT2D eigenvalue weighted by Gasteiger charge is -2.04. The van der Waals surface area contributed by atoms with Crippen LogP contribution in [0.25, 0.3) is 0 Å². The van der Waals surface area contributed by atoms with E-state index in [1.165, 1.54) is 0 Å². The molecule has 0 aromatic heterocycles. The average molecular weight is 255 g/mol. The van der Waals surface area contributed by atoms with E-state index in [9.17, 15) is 4.79 Å². The molecule has 0 saturated heterocycles. The molecule has 14 heavy (non-hydrogen) atoms. The monoisotopic (exact) mass is 254 g/mol. The molecular formula is C11H11BrO2. The lowest BCUT2D eigenvalue weighted by atomic mass is 10.2. The number of hydrogen-bond donors (Lipinski definition) is 0. The second-order valence-electron chi connectivity index (χ2n) is 2.68. The van der Waals surface area contributed by atoms with Gasteiger partial charge in [0, 0.05) is 10.0 Å². The minimum absolute atomic E-state index is 0.524. The first-order valence-corrected chi connectivity index (χ1v) is 5.06. The topological polar surface area (TPSA) is 26.3 Å². The van der Waals surface area contributed by atoms with Crippen LogP contribution in [0.5, 0.6) is 5.75 Å². The molecule has 0 amide bonds. The molecule has 0 spiro atoms. The van der Waals surface area contributed by atoms with E-state index in [1.54, 1.807) is 12.1 Å². The molecule has 0 heterocycles. The second kappa shape index (κ2) is 5.60. The van der Waals surface area contributed by atoms with E-state index in [1.807, 2.05) is 25.1 Å². The van der Waals surface area contributed by atoms with Gasteiger partial charge >= 0.3 is 0 Å². The van der Waals surface area contributed by atoms with Crippen LogP contribution in [0, 0.1) is 0 Å². The van der Waals surface area contributed by atoms with Crippen LogP contribution in [-0.4, -0.2) is 12.9 Å². The highest BCUT2D eigenvalue weighted by molar-refractivity contribution is 9.10. The van der Waals surface area contributed by atoms with Crippen molar-refractivity contribution in [3.05, 3.63) is 40.4 Å². The Kier molecular flexibility index (Phi) is 4.40. The number of allylic oxidation sites excluding steroid dienone is 1. The highest BCUT2D eigenvalue weighted by atomic mass is 79.9. The van der Waals surface area contributed by atoms with Gasteiger partial charge in [0.25, 0.3) is 0 Å². The molecule has 1 aromatic rings. The maximum Gasteiger partial charge on any atom is 0.151 e. The van der Waals surface area contributed by atoms with Gasteiger partial charge in [0.05, 0.1) is 0 Å². The third kappa shape index (κ3) is 3.00. The average Bonchev–Trinajstić information content (AvgIpc) is 2.21. The van der Waals surface area contributed by atoms with Crippen molar-refractivity contribution in [2.24, 2.45) is 0 Å². The molecule has 0 fully saturated rings. The summed E-state index contributed by atoms with van der Waals surface area (Å²) in [4.78, 5) is 10.6.